The molecule has 10 heteroatoms. The number of esters is 1. The third-order valence-corrected chi connectivity index (χ3v) is 6.50. The van der Waals surface area contributed by atoms with E-state index in [1.54, 1.807) is 29.4 Å². The number of anilines is 1. The summed E-state index contributed by atoms with van der Waals surface area (Å²) in [5, 5.41) is 0.903. The minimum atomic E-state index is -0.557. The molecular formula is C21H23N5O4S. The molecule has 0 spiro atoms. The van der Waals surface area contributed by atoms with Gasteiger partial charge in [0.05, 0.1) is 24.8 Å². The van der Waals surface area contributed by atoms with Crippen LogP contribution in [0.15, 0.2) is 18.3 Å². The van der Waals surface area contributed by atoms with E-state index in [1.807, 2.05) is 12.1 Å². The number of fused-ring (bicyclic) bond motifs is 1. The third kappa shape index (κ3) is 4.02. The number of H-pyrrole nitrogens is 1. The summed E-state index contributed by atoms with van der Waals surface area (Å²) in [4.78, 5) is 53.8. The Balaban J connectivity index is 1.45. The number of ketones is 1. The van der Waals surface area contributed by atoms with Gasteiger partial charge in [-0.15, -0.1) is 0 Å². The number of amides is 1. The molecule has 1 fully saturated rings. The Labute approximate surface area is 183 Å². The molecule has 0 radical (unpaired) electrons. The fraction of sp³-hybridized carbons (Fsp3) is 0.381. The van der Waals surface area contributed by atoms with Gasteiger partial charge in [0.1, 0.15) is 10.3 Å². The van der Waals surface area contributed by atoms with Crippen molar-refractivity contribution < 1.29 is 19.1 Å². The lowest BCUT2D eigenvalue weighted by atomic mass is 10.1. The minimum Gasteiger partial charge on any atom is -0.465 e. The number of thiazole rings is 1. The second kappa shape index (κ2) is 8.46. The molecule has 0 aliphatic carbocycles. The van der Waals surface area contributed by atoms with Crippen molar-refractivity contribution in [1.82, 2.24) is 19.9 Å². The zero-order valence-corrected chi connectivity index (χ0v) is 18.4. The number of pyridine rings is 1. The third-order valence-electron chi connectivity index (χ3n) is 5.46. The summed E-state index contributed by atoms with van der Waals surface area (Å²) in [6.07, 6.45) is 1.76. The van der Waals surface area contributed by atoms with Crippen LogP contribution >= 0.6 is 11.3 Å². The Hall–Kier alpha value is -3.27. The van der Waals surface area contributed by atoms with Crippen molar-refractivity contribution >= 4 is 44.5 Å². The molecule has 1 aliphatic heterocycles. The van der Waals surface area contributed by atoms with Gasteiger partial charge in [0, 0.05) is 45.0 Å². The Bertz CT molecular complexity index is 1130. The summed E-state index contributed by atoms with van der Waals surface area (Å²) >= 11 is 1.54. The number of carbonyl (C=O) groups excluding carboxylic acids is 3. The maximum atomic E-state index is 12.9. The number of hydrogen-bond donors (Lipinski definition) is 1. The van der Waals surface area contributed by atoms with Crippen molar-refractivity contribution in [3.8, 4) is 0 Å². The van der Waals surface area contributed by atoms with Crippen LogP contribution in [0, 0.1) is 6.92 Å². The number of Topliss-reactive ketones (excluding diaryl/α,β-unsaturated/α-hetero) is 1. The van der Waals surface area contributed by atoms with E-state index in [0.717, 1.165) is 15.5 Å². The van der Waals surface area contributed by atoms with Gasteiger partial charge in [0.15, 0.2) is 10.9 Å². The highest BCUT2D eigenvalue weighted by molar-refractivity contribution is 7.21. The number of methoxy groups -OCH3 is 1. The fourth-order valence-electron chi connectivity index (χ4n) is 3.83. The molecule has 0 aromatic carbocycles. The van der Waals surface area contributed by atoms with Crippen LogP contribution in [0.2, 0.25) is 0 Å². The van der Waals surface area contributed by atoms with Gasteiger partial charge >= 0.3 is 5.97 Å². The van der Waals surface area contributed by atoms with Crippen LogP contribution in [0.25, 0.3) is 10.3 Å². The minimum absolute atomic E-state index is 0.00358. The van der Waals surface area contributed by atoms with E-state index in [-0.39, 0.29) is 23.7 Å². The highest BCUT2D eigenvalue weighted by Gasteiger charge is 2.28. The lowest BCUT2D eigenvalue weighted by Gasteiger charge is -2.34. The molecule has 0 bridgehead atoms. The Morgan fingerprint density at radius 1 is 1.23 bits per heavy atom. The molecule has 0 unspecified atom stereocenters. The van der Waals surface area contributed by atoms with E-state index < -0.39 is 5.97 Å². The maximum Gasteiger partial charge on any atom is 0.339 e. The second-order valence-corrected chi connectivity index (χ2v) is 8.35. The summed E-state index contributed by atoms with van der Waals surface area (Å²) in [6, 6.07) is 3.81. The molecule has 3 aromatic rings. The maximum absolute atomic E-state index is 12.9. The number of nitrogens with one attached hydrogen (secondary N) is 1. The number of nitrogens with zero attached hydrogens (tertiary/aromatic N) is 4. The zero-order valence-electron chi connectivity index (χ0n) is 17.6. The van der Waals surface area contributed by atoms with Gasteiger partial charge in [0.2, 0.25) is 5.91 Å². The standard InChI is InChI=1S/C21H23N5O4S/c1-12-17(20(29)30-3)15(23-18(12)13(2)27)11-16(28)25-7-9-26(10-8-25)21-24-14-5-4-6-22-19(14)31-21/h4-6,23H,7-11H2,1-3H3. The molecule has 1 amide bonds. The van der Waals surface area contributed by atoms with Crippen LogP contribution in [0.3, 0.4) is 0 Å². The lowest BCUT2D eigenvalue weighted by Crippen LogP contribution is -2.49. The Morgan fingerprint density at radius 2 is 1.97 bits per heavy atom. The molecule has 1 N–H and O–H groups in total. The first-order chi connectivity index (χ1) is 14.9. The average Bonchev–Trinajstić information content (AvgIpc) is 3.34. The lowest BCUT2D eigenvalue weighted by molar-refractivity contribution is -0.130. The molecule has 1 aliphatic rings. The average molecular weight is 442 g/mol. The first kappa shape index (κ1) is 21.0. The quantitative estimate of drug-likeness (QED) is 0.478. The van der Waals surface area contributed by atoms with Crippen molar-refractivity contribution in [2.75, 3.05) is 38.2 Å². The number of hydrogen-bond acceptors (Lipinski definition) is 8. The zero-order chi connectivity index (χ0) is 22.1. The summed E-state index contributed by atoms with van der Waals surface area (Å²) in [6.45, 7) is 5.53. The molecule has 3 aromatic heterocycles. The van der Waals surface area contributed by atoms with Crippen molar-refractivity contribution in [2.24, 2.45) is 0 Å². The van der Waals surface area contributed by atoms with E-state index >= 15 is 0 Å². The molecule has 0 saturated carbocycles. The van der Waals surface area contributed by atoms with Crippen LogP contribution in [-0.2, 0) is 16.0 Å². The largest absolute Gasteiger partial charge is 0.465 e. The van der Waals surface area contributed by atoms with Crippen LogP contribution in [0.4, 0.5) is 5.13 Å². The van der Waals surface area contributed by atoms with E-state index in [0.29, 0.717) is 43.1 Å². The molecule has 1 saturated heterocycles. The predicted octanol–water partition coefficient (Wildman–Crippen LogP) is 2.21. The highest BCUT2D eigenvalue weighted by Crippen LogP contribution is 2.28. The smallest absolute Gasteiger partial charge is 0.339 e. The van der Waals surface area contributed by atoms with E-state index in [4.69, 9.17) is 4.74 Å². The summed E-state index contributed by atoms with van der Waals surface area (Å²) in [5.74, 6) is -0.856. The SMILES string of the molecule is COC(=O)c1c(CC(=O)N2CCN(c3nc4cccnc4s3)CC2)[nH]c(C(C)=O)c1C. The van der Waals surface area contributed by atoms with Crippen molar-refractivity contribution in [1.29, 1.82) is 0 Å². The van der Waals surface area contributed by atoms with Crippen LogP contribution < -0.4 is 4.90 Å². The van der Waals surface area contributed by atoms with E-state index in [9.17, 15) is 14.4 Å². The summed E-state index contributed by atoms with van der Waals surface area (Å²) in [5.41, 5.74) is 2.40. The molecular weight excluding hydrogens is 418 g/mol. The van der Waals surface area contributed by atoms with Crippen molar-refractivity contribution in [3.63, 3.8) is 0 Å². The van der Waals surface area contributed by atoms with Crippen molar-refractivity contribution in [3.05, 3.63) is 40.8 Å². The molecule has 162 valence electrons. The Kier molecular flexibility index (Phi) is 5.73. The van der Waals surface area contributed by atoms with Gasteiger partial charge in [-0.05, 0) is 24.6 Å². The van der Waals surface area contributed by atoms with Gasteiger partial charge in [-0.3, -0.25) is 9.59 Å². The van der Waals surface area contributed by atoms with Crippen molar-refractivity contribution in [2.45, 2.75) is 20.3 Å². The van der Waals surface area contributed by atoms with E-state index in [1.165, 1.54) is 14.0 Å². The predicted molar refractivity (Wildman–Crippen MR) is 117 cm³/mol. The number of rotatable bonds is 5. The molecule has 9 nitrogen and oxygen atoms in total. The van der Waals surface area contributed by atoms with Gasteiger partial charge in [-0.1, -0.05) is 11.3 Å². The first-order valence-electron chi connectivity index (χ1n) is 9.94. The molecule has 4 rings (SSSR count). The Morgan fingerprint density at radius 3 is 2.61 bits per heavy atom. The number of aromatic amines is 1. The normalized spacial score (nSPS) is 14.2. The number of piperazine rings is 1. The number of carbonyl (C=O) groups is 3. The van der Waals surface area contributed by atoms with Crippen LogP contribution in [-0.4, -0.2) is 70.8 Å². The topological polar surface area (TPSA) is 108 Å². The van der Waals surface area contributed by atoms with Crippen LogP contribution in [0.5, 0.6) is 0 Å². The van der Waals surface area contributed by atoms with E-state index in [2.05, 4.69) is 19.9 Å². The molecule has 31 heavy (non-hydrogen) atoms. The molecule has 4 heterocycles. The second-order valence-electron chi connectivity index (χ2n) is 7.40. The number of aromatic nitrogens is 3. The highest BCUT2D eigenvalue weighted by atomic mass is 32.1. The van der Waals surface area contributed by atoms with Gasteiger partial charge in [-0.2, -0.15) is 0 Å². The summed E-state index contributed by atoms with van der Waals surface area (Å²) in [7, 11) is 1.28. The summed E-state index contributed by atoms with van der Waals surface area (Å²) < 4.78 is 4.85. The number of ether oxygens (including phenoxy) is 1. The fourth-order valence-corrected chi connectivity index (χ4v) is 4.79. The molecule has 0 atom stereocenters. The van der Waals surface area contributed by atoms with Gasteiger partial charge in [0.25, 0.3) is 0 Å². The van der Waals surface area contributed by atoms with Crippen LogP contribution in [0.1, 0.15) is 39.0 Å². The monoisotopic (exact) mass is 441 g/mol. The van der Waals surface area contributed by atoms with Gasteiger partial charge in [-0.25, -0.2) is 14.8 Å². The van der Waals surface area contributed by atoms with Gasteiger partial charge < -0.3 is 19.5 Å². The first-order valence-corrected chi connectivity index (χ1v) is 10.8.